The molecule has 5 heteroatoms. The first kappa shape index (κ1) is 15.3. The van der Waals surface area contributed by atoms with Crippen LogP contribution in [0.15, 0.2) is 10.6 Å². The summed E-state index contributed by atoms with van der Waals surface area (Å²) in [5.41, 5.74) is 4.84. The Morgan fingerprint density at radius 2 is 2.05 bits per heavy atom. The molecule has 1 saturated heterocycles. The second kappa shape index (κ2) is 6.24. The van der Waals surface area contributed by atoms with E-state index in [0.29, 0.717) is 6.04 Å². The molecule has 2 aromatic rings. The molecular weight excluding hydrogens is 276 g/mol. The van der Waals surface area contributed by atoms with Gasteiger partial charge in [0.05, 0.1) is 11.7 Å². The first-order chi connectivity index (χ1) is 10.6. The standard InChI is InChI=1S/C17H26N4O/c1-12-10-16(19-22-12)17-8-6-5-7-9-21(17)11-15-13(2)18-20(4)14(15)3/h10,17H,5-9,11H2,1-4H3. The molecular formula is C17H26N4O. The van der Waals surface area contributed by atoms with Crippen molar-refractivity contribution in [2.24, 2.45) is 7.05 Å². The molecule has 1 fully saturated rings. The lowest BCUT2D eigenvalue weighted by Crippen LogP contribution is -2.28. The van der Waals surface area contributed by atoms with Crippen LogP contribution < -0.4 is 0 Å². The van der Waals surface area contributed by atoms with Crippen LogP contribution in [0.3, 0.4) is 0 Å². The van der Waals surface area contributed by atoms with Crippen molar-refractivity contribution >= 4 is 0 Å². The third-order valence-corrected chi connectivity index (χ3v) is 4.87. The maximum atomic E-state index is 5.32. The van der Waals surface area contributed by atoms with Gasteiger partial charge in [0.25, 0.3) is 0 Å². The predicted molar refractivity (Wildman–Crippen MR) is 85.5 cm³/mol. The van der Waals surface area contributed by atoms with E-state index in [1.54, 1.807) is 0 Å². The van der Waals surface area contributed by atoms with E-state index in [2.05, 4.69) is 35.1 Å². The smallest absolute Gasteiger partial charge is 0.133 e. The molecule has 5 nitrogen and oxygen atoms in total. The van der Waals surface area contributed by atoms with Crippen molar-refractivity contribution in [2.75, 3.05) is 6.54 Å². The Morgan fingerprint density at radius 1 is 1.23 bits per heavy atom. The first-order valence-corrected chi connectivity index (χ1v) is 8.22. The highest BCUT2D eigenvalue weighted by atomic mass is 16.5. The molecule has 1 unspecified atom stereocenters. The SMILES string of the molecule is Cc1cc(C2CCCCCN2Cc2c(C)nn(C)c2C)no1. The molecule has 120 valence electrons. The Bertz CT molecular complexity index is 643. The Balaban J connectivity index is 1.87. The van der Waals surface area contributed by atoms with E-state index in [4.69, 9.17) is 4.52 Å². The maximum Gasteiger partial charge on any atom is 0.133 e. The molecule has 22 heavy (non-hydrogen) atoms. The van der Waals surface area contributed by atoms with E-state index in [-0.39, 0.29) is 0 Å². The lowest BCUT2D eigenvalue weighted by molar-refractivity contribution is 0.183. The Kier molecular flexibility index (Phi) is 4.34. The van der Waals surface area contributed by atoms with Gasteiger partial charge in [-0.1, -0.05) is 18.0 Å². The molecule has 1 atom stereocenters. The van der Waals surface area contributed by atoms with Crippen molar-refractivity contribution in [1.29, 1.82) is 0 Å². The minimum atomic E-state index is 0.360. The average Bonchev–Trinajstić information content (AvgIpc) is 2.90. The molecule has 0 aromatic carbocycles. The van der Waals surface area contributed by atoms with Gasteiger partial charge in [-0.25, -0.2) is 0 Å². The molecule has 1 aliphatic rings. The van der Waals surface area contributed by atoms with Crippen LogP contribution in [0.2, 0.25) is 0 Å². The molecule has 2 aromatic heterocycles. The number of aryl methyl sites for hydroxylation is 3. The molecule has 3 heterocycles. The fourth-order valence-corrected chi connectivity index (χ4v) is 3.48. The summed E-state index contributed by atoms with van der Waals surface area (Å²) in [7, 11) is 2.02. The quantitative estimate of drug-likeness (QED) is 0.871. The Hall–Kier alpha value is -1.62. The van der Waals surface area contributed by atoms with Crippen LogP contribution in [0.4, 0.5) is 0 Å². The summed E-state index contributed by atoms with van der Waals surface area (Å²) in [5.74, 6) is 0.896. The van der Waals surface area contributed by atoms with E-state index in [1.807, 2.05) is 18.7 Å². The summed E-state index contributed by atoms with van der Waals surface area (Å²) in [6.07, 6.45) is 4.98. The maximum absolute atomic E-state index is 5.32. The minimum absolute atomic E-state index is 0.360. The monoisotopic (exact) mass is 302 g/mol. The summed E-state index contributed by atoms with van der Waals surface area (Å²) in [6, 6.07) is 2.45. The van der Waals surface area contributed by atoms with E-state index in [0.717, 1.165) is 36.7 Å². The highest BCUT2D eigenvalue weighted by Gasteiger charge is 2.26. The lowest BCUT2D eigenvalue weighted by Gasteiger charge is -2.28. The summed E-state index contributed by atoms with van der Waals surface area (Å²) in [5, 5.41) is 8.84. The number of hydrogen-bond acceptors (Lipinski definition) is 4. The zero-order valence-corrected chi connectivity index (χ0v) is 14.1. The van der Waals surface area contributed by atoms with E-state index in [1.165, 1.54) is 30.5 Å². The average molecular weight is 302 g/mol. The summed E-state index contributed by atoms with van der Waals surface area (Å²) >= 11 is 0. The van der Waals surface area contributed by atoms with Crippen molar-refractivity contribution in [2.45, 2.75) is 59.0 Å². The first-order valence-electron chi connectivity index (χ1n) is 8.22. The second-order valence-corrected chi connectivity index (χ2v) is 6.47. The Morgan fingerprint density at radius 3 is 2.68 bits per heavy atom. The largest absolute Gasteiger partial charge is 0.361 e. The number of nitrogens with zero attached hydrogens (tertiary/aromatic N) is 4. The minimum Gasteiger partial charge on any atom is -0.361 e. The zero-order valence-electron chi connectivity index (χ0n) is 14.1. The molecule has 0 bridgehead atoms. The van der Waals surface area contributed by atoms with Gasteiger partial charge < -0.3 is 4.52 Å². The molecule has 0 aliphatic carbocycles. The Labute approximate surface area is 132 Å². The summed E-state index contributed by atoms with van der Waals surface area (Å²) < 4.78 is 7.30. The fraction of sp³-hybridized carbons (Fsp3) is 0.647. The van der Waals surface area contributed by atoms with Crippen LogP contribution in [0, 0.1) is 20.8 Å². The van der Waals surface area contributed by atoms with Crippen LogP contribution >= 0.6 is 0 Å². The van der Waals surface area contributed by atoms with E-state index >= 15 is 0 Å². The third kappa shape index (κ3) is 2.95. The molecule has 0 spiro atoms. The normalized spacial score (nSPS) is 20.3. The molecule has 3 rings (SSSR count). The van der Waals surface area contributed by atoms with Crippen molar-refractivity contribution in [3.8, 4) is 0 Å². The highest BCUT2D eigenvalue weighted by molar-refractivity contribution is 5.24. The van der Waals surface area contributed by atoms with Gasteiger partial charge >= 0.3 is 0 Å². The lowest BCUT2D eigenvalue weighted by atomic mass is 10.1. The van der Waals surface area contributed by atoms with Gasteiger partial charge in [0, 0.05) is 30.9 Å². The predicted octanol–water partition coefficient (Wildman–Crippen LogP) is 3.45. The van der Waals surface area contributed by atoms with Crippen molar-refractivity contribution < 1.29 is 4.52 Å². The molecule has 0 radical (unpaired) electrons. The molecule has 0 amide bonds. The summed E-state index contributed by atoms with van der Waals surface area (Å²) in [4.78, 5) is 2.56. The number of aromatic nitrogens is 3. The van der Waals surface area contributed by atoms with Crippen LogP contribution in [0.25, 0.3) is 0 Å². The molecule has 0 saturated carbocycles. The van der Waals surface area contributed by atoms with Crippen LogP contribution in [0.5, 0.6) is 0 Å². The summed E-state index contributed by atoms with van der Waals surface area (Å²) in [6.45, 7) is 8.29. The van der Waals surface area contributed by atoms with E-state index in [9.17, 15) is 0 Å². The van der Waals surface area contributed by atoms with Crippen LogP contribution in [-0.2, 0) is 13.6 Å². The van der Waals surface area contributed by atoms with Crippen molar-refractivity contribution in [3.05, 3.63) is 34.5 Å². The van der Waals surface area contributed by atoms with Gasteiger partial charge in [-0.3, -0.25) is 9.58 Å². The van der Waals surface area contributed by atoms with Gasteiger partial charge in [0.1, 0.15) is 11.5 Å². The number of hydrogen-bond donors (Lipinski definition) is 0. The highest BCUT2D eigenvalue weighted by Crippen LogP contribution is 2.32. The molecule has 0 N–H and O–H groups in total. The molecule has 1 aliphatic heterocycles. The zero-order chi connectivity index (χ0) is 15.7. The van der Waals surface area contributed by atoms with Crippen molar-refractivity contribution in [1.82, 2.24) is 19.8 Å². The fourth-order valence-electron chi connectivity index (χ4n) is 3.48. The van der Waals surface area contributed by atoms with E-state index < -0.39 is 0 Å². The van der Waals surface area contributed by atoms with Gasteiger partial charge in [-0.15, -0.1) is 0 Å². The topological polar surface area (TPSA) is 47.1 Å². The van der Waals surface area contributed by atoms with Gasteiger partial charge in [0.2, 0.25) is 0 Å². The van der Waals surface area contributed by atoms with Crippen LogP contribution in [0.1, 0.15) is 60.1 Å². The number of likely N-dealkylation sites (tertiary alicyclic amines) is 1. The second-order valence-electron chi connectivity index (χ2n) is 6.47. The third-order valence-electron chi connectivity index (χ3n) is 4.87. The number of rotatable bonds is 3. The van der Waals surface area contributed by atoms with Gasteiger partial charge in [-0.05, 0) is 40.2 Å². The van der Waals surface area contributed by atoms with Crippen LogP contribution in [-0.4, -0.2) is 26.4 Å². The van der Waals surface area contributed by atoms with Gasteiger partial charge in [0.15, 0.2) is 0 Å². The van der Waals surface area contributed by atoms with Gasteiger partial charge in [-0.2, -0.15) is 5.10 Å². The van der Waals surface area contributed by atoms with Crippen molar-refractivity contribution in [3.63, 3.8) is 0 Å².